The zero-order valence-electron chi connectivity index (χ0n) is 21.8. The van der Waals surface area contributed by atoms with Gasteiger partial charge in [0.1, 0.15) is 6.04 Å². The molecule has 0 spiro atoms. The van der Waals surface area contributed by atoms with E-state index in [0.717, 1.165) is 22.5 Å². The predicted octanol–water partition coefficient (Wildman–Crippen LogP) is 4.51. The highest BCUT2D eigenvalue weighted by Gasteiger charge is 2.36. The molecule has 0 aliphatic carbocycles. The molecule has 1 atom stereocenters. The molecule has 5 rings (SSSR count). The third-order valence-corrected chi connectivity index (χ3v) is 6.92. The number of aromatic nitrogens is 5. The molecule has 1 aliphatic rings. The van der Waals surface area contributed by atoms with Gasteiger partial charge in [0.15, 0.2) is 5.82 Å². The Balaban J connectivity index is 1.52. The Morgan fingerprint density at radius 1 is 0.974 bits per heavy atom. The zero-order valence-corrected chi connectivity index (χ0v) is 21.8. The number of hydrogen-bond donors (Lipinski definition) is 1. The summed E-state index contributed by atoms with van der Waals surface area (Å²) in [6.07, 6.45) is -4.40. The van der Waals surface area contributed by atoms with Crippen LogP contribution in [0.2, 0.25) is 0 Å². The van der Waals surface area contributed by atoms with Crippen LogP contribution in [0.25, 0.3) is 10.9 Å². The Morgan fingerprint density at radius 3 is 2.39 bits per heavy atom. The van der Waals surface area contributed by atoms with Crippen LogP contribution in [0.4, 0.5) is 18.9 Å². The van der Waals surface area contributed by atoms with Gasteiger partial charge in [-0.2, -0.15) is 13.2 Å². The van der Waals surface area contributed by atoms with Gasteiger partial charge in [0.05, 0.1) is 11.1 Å². The zero-order chi connectivity index (χ0) is 27.2. The Bertz CT molecular complexity index is 1510. The standard InChI is InChI=1S/C27H30F3N7O/c1-17-8-9-18-15-21(25(38)31-22(18)14-17)23(24-32-33-34-37(24)26(2,3)4)36-12-10-35(11-13-36)20-7-5-6-19(16-20)27(28,29)30/h5-9,14-16,23H,10-13H2,1-4H3,(H,31,38). The minimum Gasteiger partial charge on any atom is -0.369 e. The van der Waals surface area contributed by atoms with Crippen LogP contribution < -0.4 is 10.5 Å². The highest BCUT2D eigenvalue weighted by atomic mass is 19.4. The van der Waals surface area contributed by atoms with Gasteiger partial charge in [-0.05, 0) is 79.4 Å². The molecule has 1 aliphatic heterocycles. The number of halogens is 3. The number of tetrazole rings is 1. The highest BCUT2D eigenvalue weighted by Crippen LogP contribution is 2.34. The molecule has 0 amide bonds. The lowest BCUT2D eigenvalue weighted by Crippen LogP contribution is -2.49. The van der Waals surface area contributed by atoms with Crippen LogP contribution in [0.1, 0.15) is 49.3 Å². The summed E-state index contributed by atoms with van der Waals surface area (Å²) in [5.74, 6) is 0.544. The first-order valence-corrected chi connectivity index (χ1v) is 12.5. The van der Waals surface area contributed by atoms with E-state index < -0.39 is 23.3 Å². The molecule has 0 saturated carbocycles. The number of aryl methyl sites for hydroxylation is 1. The third-order valence-electron chi connectivity index (χ3n) is 6.92. The molecule has 200 valence electrons. The number of pyridine rings is 1. The Hall–Kier alpha value is -3.73. The molecule has 0 bridgehead atoms. The first-order chi connectivity index (χ1) is 17.9. The van der Waals surface area contributed by atoms with E-state index in [4.69, 9.17) is 0 Å². The molecule has 11 heteroatoms. The maximum atomic E-state index is 13.4. The maximum Gasteiger partial charge on any atom is 0.416 e. The molecule has 2 aromatic carbocycles. The number of aromatic amines is 1. The fraction of sp³-hybridized carbons (Fsp3) is 0.407. The number of piperazine rings is 1. The van der Waals surface area contributed by atoms with Crippen molar-refractivity contribution in [3.63, 3.8) is 0 Å². The molecule has 4 aromatic rings. The smallest absolute Gasteiger partial charge is 0.369 e. The summed E-state index contributed by atoms with van der Waals surface area (Å²) < 4.78 is 41.5. The highest BCUT2D eigenvalue weighted by molar-refractivity contribution is 5.79. The van der Waals surface area contributed by atoms with Crippen molar-refractivity contribution in [2.45, 2.75) is 45.5 Å². The number of alkyl halides is 3. The van der Waals surface area contributed by atoms with E-state index in [1.807, 2.05) is 56.9 Å². The van der Waals surface area contributed by atoms with Crippen LogP contribution in [0.5, 0.6) is 0 Å². The summed E-state index contributed by atoms with van der Waals surface area (Å²) in [7, 11) is 0. The fourth-order valence-corrected chi connectivity index (χ4v) is 4.99. The predicted molar refractivity (Wildman–Crippen MR) is 139 cm³/mol. The van der Waals surface area contributed by atoms with Crippen molar-refractivity contribution in [3.8, 4) is 0 Å². The molecule has 8 nitrogen and oxygen atoms in total. The third kappa shape index (κ3) is 5.02. The molecule has 38 heavy (non-hydrogen) atoms. The van der Waals surface area contributed by atoms with Gasteiger partial charge in [-0.1, -0.05) is 18.2 Å². The molecule has 2 aromatic heterocycles. The number of rotatable bonds is 4. The van der Waals surface area contributed by atoms with Crippen molar-refractivity contribution in [2.24, 2.45) is 0 Å². The molecular formula is C27H30F3N7O. The van der Waals surface area contributed by atoms with Gasteiger partial charge in [0, 0.05) is 42.9 Å². The molecule has 3 heterocycles. The van der Waals surface area contributed by atoms with E-state index >= 15 is 0 Å². The van der Waals surface area contributed by atoms with E-state index in [2.05, 4.69) is 25.4 Å². The molecule has 0 radical (unpaired) electrons. The number of nitrogens with one attached hydrogen (secondary N) is 1. The quantitative estimate of drug-likeness (QED) is 0.422. The van der Waals surface area contributed by atoms with Crippen molar-refractivity contribution >= 4 is 16.6 Å². The second kappa shape index (κ2) is 9.54. The SMILES string of the molecule is Cc1ccc2cc(C(c3nnnn3C(C)(C)C)N3CCN(c4cccc(C(F)(F)F)c4)CC3)c(=O)[nH]c2c1. The Labute approximate surface area is 218 Å². The monoisotopic (exact) mass is 525 g/mol. The van der Waals surface area contributed by atoms with Gasteiger partial charge in [0.25, 0.3) is 5.56 Å². The average molecular weight is 526 g/mol. The van der Waals surface area contributed by atoms with E-state index in [0.29, 0.717) is 43.3 Å². The lowest BCUT2D eigenvalue weighted by atomic mass is 10.0. The molecule has 1 unspecified atom stereocenters. The number of fused-ring (bicyclic) bond motifs is 1. The summed E-state index contributed by atoms with van der Waals surface area (Å²) in [6.45, 7) is 9.91. The maximum absolute atomic E-state index is 13.4. The number of anilines is 1. The van der Waals surface area contributed by atoms with Crippen molar-refractivity contribution in [1.29, 1.82) is 0 Å². The summed E-state index contributed by atoms with van der Waals surface area (Å²) in [6, 6.07) is 12.6. The Morgan fingerprint density at radius 2 is 1.71 bits per heavy atom. The van der Waals surface area contributed by atoms with Gasteiger partial charge in [0.2, 0.25) is 0 Å². The van der Waals surface area contributed by atoms with Crippen molar-refractivity contribution in [3.05, 3.63) is 81.4 Å². The van der Waals surface area contributed by atoms with Crippen molar-refractivity contribution in [1.82, 2.24) is 30.1 Å². The first-order valence-electron chi connectivity index (χ1n) is 12.5. The van der Waals surface area contributed by atoms with Gasteiger partial charge in [-0.15, -0.1) is 5.10 Å². The second-order valence-corrected chi connectivity index (χ2v) is 10.7. The summed E-state index contributed by atoms with van der Waals surface area (Å²) in [5.41, 5.74) is 1.51. The van der Waals surface area contributed by atoms with Crippen LogP contribution >= 0.6 is 0 Å². The van der Waals surface area contributed by atoms with Crippen LogP contribution in [-0.2, 0) is 11.7 Å². The largest absolute Gasteiger partial charge is 0.416 e. The van der Waals surface area contributed by atoms with E-state index in [1.54, 1.807) is 10.7 Å². The van der Waals surface area contributed by atoms with E-state index in [9.17, 15) is 18.0 Å². The minimum atomic E-state index is -4.40. The van der Waals surface area contributed by atoms with Gasteiger partial charge in [-0.3, -0.25) is 9.69 Å². The topological polar surface area (TPSA) is 82.9 Å². The van der Waals surface area contributed by atoms with Gasteiger partial charge < -0.3 is 9.88 Å². The molecule has 1 N–H and O–H groups in total. The van der Waals surface area contributed by atoms with Gasteiger partial charge in [-0.25, -0.2) is 4.68 Å². The van der Waals surface area contributed by atoms with Gasteiger partial charge >= 0.3 is 6.18 Å². The summed E-state index contributed by atoms with van der Waals surface area (Å²) >= 11 is 0. The number of H-pyrrole nitrogens is 1. The van der Waals surface area contributed by atoms with E-state index in [1.165, 1.54) is 12.1 Å². The summed E-state index contributed by atoms with van der Waals surface area (Å²) in [4.78, 5) is 20.5. The van der Waals surface area contributed by atoms with Crippen LogP contribution in [0.3, 0.4) is 0 Å². The van der Waals surface area contributed by atoms with Crippen LogP contribution in [-0.4, -0.2) is 56.3 Å². The molecular weight excluding hydrogens is 495 g/mol. The molecule has 1 fully saturated rings. The minimum absolute atomic E-state index is 0.225. The van der Waals surface area contributed by atoms with Crippen molar-refractivity contribution < 1.29 is 13.2 Å². The number of benzene rings is 2. The Kier molecular flexibility index (Phi) is 6.50. The number of hydrogen-bond acceptors (Lipinski definition) is 6. The lowest BCUT2D eigenvalue weighted by Gasteiger charge is -2.40. The number of nitrogens with zero attached hydrogens (tertiary/aromatic N) is 6. The fourth-order valence-electron chi connectivity index (χ4n) is 4.99. The van der Waals surface area contributed by atoms with Crippen LogP contribution in [0, 0.1) is 6.92 Å². The average Bonchev–Trinajstić information content (AvgIpc) is 3.35. The van der Waals surface area contributed by atoms with Crippen LogP contribution in [0.15, 0.2) is 53.3 Å². The second-order valence-electron chi connectivity index (χ2n) is 10.7. The molecule has 1 saturated heterocycles. The lowest BCUT2D eigenvalue weighted by molar-refractivity contribution is -0.137. The first kappa shape index (κ1) is 25.9. The van der Waals surface area contributed by atoms with E-state index in [-0.39, 0.29) is 5.56 Å². The summed E-state index contributed by atoms with van der Waals surface area (Å²) in [5, 5.41) is 13.4. The normalized spacial score (nSPS) is 16.2. The van der Waals surface area contributed by atoms with Crippen molar-refractivity contribution in [2.75, 3.05) is 31.1 Å².